The van der Waals surface area contributed by atoms with Gasteiger partial charge in [0.2, 0.25) is 0 Å². The molecular formula is C13H10N2O. The molecule has 3 nitrogen and oxygen atoms in total. The summed E-state index contributed by atoms with van der Waals surface area (Å²) in [6, 6.07) is 15.5. The Morgan fingerprint density at radius 1 is 0.938 bits per heavy atom. The molecule has 0 saturated carbocycles. The zero-order chi connectivity index (χ0) is 10.8. The van der Waals surface area contributed by atoms with Gasteiger partial charge in [-0.1, -0.05) is 18.2 Å². The van der Waals surface area contributed by atoms with Crippen molar-refractivity contribution in [2.24, 2.45) is 0 Å². The highest BCUT2D eigenvalue weighted by Gasteiger charge is 2.00. The second-order valence-corrected chi connectivity index (χ2v) is 3.50. The van der Waals surface area contributed by atoms with Gasteiger partial charge in [-0.25, -0.2) is 4.98 Å². The summed E-state index contributed by atoms with van der Waals surface area (Å²) in [6.45, 7) is 0. The van der Waals surface area contributed by atoms with Crippen molar-refractivity contribution in [1.82, 2.24) is 9.97 Å². The van der Waals surface area contributed by atoms with E-state index in [1.165, 1.54) is 0 Å². The Kier molecular flexibility index (Phi) is 2.07. The van der Waals surface area contributed by atoms with Gasteiger partial charge in [0.15, 0.2) is 0 Å². The molecule has 0 spiro atoms. The highest BCUT2D eigenvalue weighted by atomic mass is 16.5. The molecule has 3 aromatic rings. The van der Waals surface area contributed by atoms with Crippen LogP contribution < -0.4 is 4.74 Å². The number of H-pyrrole nitrogens is 1. The largest absolute Gasteiger partial charge is 0.457 e. The van der Waals surface area contributed by atoms with Crippen LogP contribution in [0.1, 0.15) is 0 Å². The molecule has 1 N–H and O–H groups in total. The number of para-hydroxylation sites is 1. The minimum atomic E-state index is 0.797. The van der Waals surface area contributed by atoms with E-state index in [1.54, 1.807) is 6.33 Å². The zero-order valence-corrected chi connectivity index (χ0v) is 8.55. The molecule has 0 aliphatic carbocycles. The van der Waals surface area contributed by atoms with E-state index in [9.17, 15) is 0 Å². The second kappa shape index (κ2) is 3.70. The predicted octanol–water partition coefficient (Wildman–Crippen LogP) is 3.36. The van der Waals surface area contributed by atoms with Gasteiger partial charge in [-0.05, 0) is 24.3 Å². The summed E-state index contributed by atoms with van der Waals surface area (Å²) in [5.41, 5.74) is 1.92. The van der Waals surface area contributed by atoms with E-state index < -0.39 is 0 Å². The third-order valence-electron chi connectivity index (χ3n) is 2.37. The van der Waals surface area contributed by atoms with Crippen molar-refractivity contribution in [3.8, 4) is 11.5 Å². The summed E-state index contributed by atoms with van der Waals surface area (Å²) in [6.07, 6.45) is 1.68. The lowest BCUT2D eigenvalue weighted by Crippen LogP contribution is -1.83. The predicted molar refractivity (Wildman–Crippen MR) is 62.6 cm³/mol. The smallest absolute Gasteiger partial charge is 0.129 e. The molecule has 0 fully saturated rings. The van der Waals surface area contributed by atoms with Crippen molar-refractivity contribution in [3.05, 3.63) is 54.9 Å². The van der Waals surface area contributed by atoms with E-state index in [1.807, 2.05) is 48.5 Å². The average Bonchev–Trinajstić information content (AvgIpc) is 2.77. The standard InChI is InChI=1S/C13H10N2O/c1-2-4-10(5-3-1)16-11-6-7-12-13(8-11)15-9-14-12/h1-9H,(H,14,15). The summed E-state index contributed by atoms with van der Waals surface area (Å²) in [4.78, 5) is 7.23. The molecule has 0 bridgehead atoms. The van der Waals surface area contributed by atoms with Gasteiger partial charge in [-0.2, -0.15) is 0 Å². The fourth-order valence-corrected chi connectivity index (χ4v) is 1.60. The van der Waals surface area contributed by atoms with Crippen LogP contribution >= 0.6 is 0 Å². The van der Waals surface area contributed by atoms with Crippen LogP contribution in [0.15, 0.2) is 54.9 Å². The Labute approximate surface area is 92.7 Å². The molecule has 0 aliphatic rings. The summed E-state index contributed by atoms with van der Waals surface area (Å²) < 4.78 is 5.70. The monoisotopic (exact) mass is 210 g/mol. The number of aromatic amines is 1. The minimum absolute atomic E-state index is 0.797. The molecule has 1 aromatic heterocycles. The van der Waals surface area contributed by atoms with Crippen molar-refractivity contribution >= 4 is 11.0 Å². The number of ether oxygens (including phenoxy) is 1. The van der Waals surface area contributed by atoms with Gasteiger partial charge in [0.25, 0.3) is 0 Å². The average molecular weight is 210 g/mol. The quantitative estimate of drug-likeness (QED) is 0.704. The number of aromatic nitrogens is 2. The summed E-state index contributed by atoms with van der Waals surface area (Å²) >= 11 is 0. The Balaban J connectivity index is 1.94. The number of rotatable bonds is 2. The molecule has 0 radical (unpaired) electrons. The third-order valence-corrected chi connectivity index (χ3v) is 2.37. The number of nitrogens with one attached hydrogen (secondary N) is 1. The van der Waals surface area contributed by atoms with Crippen LogP contribution in [-0.2, 0) is 0 Å². The van der Waals surface area contributed by atoms with Gasteiger partial charge in [-0.15, -0.1) is 0 Å². The van der Waals surface area contributed by atoms with Gasteiger partial charge in [-0.3, -0.25) is 0 Å². The van der Waals surface area contributed by atoms with Crippen LogP contribution in [0, 0.1) is 0 Å². The number of fused-ring (bicyclic) bond motifs is 1. The van der Waals surface area contributed by atoms with Crippen molar-refractivity contribution in [1.29, 1.82) is 0 Å². The van der Waals surface area contributed by atoms with Gasteiger partial charge in [0.1, 0.15) is 11.5 Å². The molecule has 3 heteroatoms. The molecule has 3 rings (SSSR count). The Morgan fingerprint density at radius 3 is 2.69 bits per heavy atom. The molecule has 0 amide bonds. The first-order valence-corrected chi connectivity index (χ1v) is 5.08. The normalized spacial score (nSPS) is 10.5. The number of hydrogen-bond donors (Lipinski definition) is 1. The van der Waals surface area contributed by atoms with Gasteiger partial charge < -0.3 is 9.72 Å². The first-order chi connectivity index (χ1) is 7.92. The van der Waals surface area contributed by atoms with Crippen LogP contribution in [0.5, 0.6) is 11.5 Å². The zero-order valence-electron chi connectivity index (χ0n) is 8.55. The van der Waals surface area contributed by atoms with Crippen molar-refractivity contribution in [3.63, 3.8) is 0 Å². The molecule has 78 valence electrons. The fourth-order valence-electron chi connectivity index (χ4n) is 1.60. The molecule has 2 aromatic carbocycles. The number of hydrogen-bond acceptors (Lipinski definition) is 2. The summed E-state index contributed by atoms with van der Waals surface area (Å²) in [7, 11) is 0. The van der Waals surface area contributed by atoms with Crippen molar-refractivity contribution < 1.29 is 4.74 Å². The molecule has 0 aliphatic heterocycles. The Morgan fingerprint density at radius 2 is 1.81 bits per heavy atom. The maximum absolute atomic E-state index is 5.70. The van der Waals surface area contributed by atoms with Gasteiger partial charge in [0, 0.05) is 6.07 Å². The van der Waals surface area contributed by atoms with Crippen LogP contribution in [0.25, 0.3) is 11.0 Å². The van der Waals surface area contributed by atoms with Gasteiger partial charge in [0.05, 0.1) is 17.4 Å². The van der Waals surface area contributed by atoms with Crippen LogP contribution in [0.2, 0.25) is 0 Å². The van der Waals surface area contributed by atoms with E-state index in [2.05, 4.69) is 9.97 Å². The van der Waals surface area contributed by atoms with E-state index in [4.69, 9.17) is 4.74 Å². The number of nitrogens with zero attached hydrogens (tertiary/aromatic N) is 1. The molecule has 0 unspecified atom stereocenters. The highest BCUT2D eigenvalue weighted by molar-refractivity contribution is 5.76. The molecule has 1 heterocycles. The minimum Gasteiger partial charge on any atom is -0.457 e. The van der Waals surface area contributed by atoms with Crippen LogP contribution in [-0.4, -0.2) is 9.97 Å². The molecule has 0 saturated heterocycles. The van der Waals surface area contributed by atoms with E-state index in [-0.39, 0.29) is 0 Å². The van der Waals surface area contributed by atoms with Crippen LogP contribution in [0.3, 0.4) is 0 Å². The van der Waals surface area contributed by atoms with Crippen molar-refractivity contribution in [2.45, 2.75) is 0 Å². The van der Waals surface area contributed by atoms with Crippen molar-refractivity contribution in [2.75, 3.05) is 0 Å². The summed E-state index contributed by atoms with van der Waals surface area (Å²) in [5, 5.41) is 0. The first-order valence-electron chi connectivity index (χ1n) is 5.08. The topological polar surface area (TPSA) is 37.9 Å². The molecule has 0 atom stereocenters. The lowest BCUT2D eigenvalue weighted by Gasteiger charge is -2.04. The summed E-state index contributed by atoms with van der Waals surface area (Å²) in [5.74, 6) is 1.63. The number of imidazole rings is 1. The second-order valence-electron chi connectivity index (χ2n) is 3.50. The van der Waals surface area contributed by atoms with E-state index in [0.29, 0.717) is 0 Å². The van der Waals surface area contributed by atoms with E-state index >= 15 is 0 Å². The lowest BCUT2D eigenvalue weighted by atomic mass is 10.3. The lowest BCUT2D eigenvalue weighted by molar-refractivity contribution is 0.483. The van der Waals surface area contributed by atoms with Crippen LogP contribution in [0.4, 0.5) is 0 Å². The fraction of sp³-hybridized carbons (Fsp3) is 0. The Bertz CT molecular complexity index is 601. The maximum Gasteiger partial charge on any atom is 0.129 e. The number of benzene rings is 2. The van der Waals surface area contributed by atoms with Gasteiger partial charge >= 0.3 is 0 Å². The Hall–Kier alpha value is -2.29. The third kappa shape index (κ3) is 1.63. The molecular weight excluding hydrogens is 200 g/mol. The molecule has 16 heavy (non-hydrogen) atoms. The first kappa shape index (κ1) is 8.97. The van der Waals surface area contributed by atoms with E-state index in [0.717, 1.165) is 22.5 Å². The SMILES string of the molecule is c1ccc(Oc2ccc3[nH]cnc3c2)cc1. The maximum atomic E-state index is 5.70. The highest BCUT2D eigenvalue weighted by Crippen LogP contribution is 2.23.